The van der Waals surface area contributed by atoms with Gasteiger partial charge in [-0.2, -0.15) is 0 Å². The fraction of sp³-hybridized carbons (Fsp3) is 1.00. The van der Waals surface area contributed by atoms with E-state index in [4.69, 9.17) is 15.3 Å². The summed E-state index contributed by atoms with van der Waals surface area (Å²) in [6.07, 6.45) is 2.35. The van der Waals surface area contributed by atoms with Gasteiger partial charge in [0.2, 0.25) is 0 Å². The van der Waals surface area contributed by atoms with Gasteiger partial charge in [0.15, 0.2) is 0 Å². The molecule has 11 heavy (non-hydrogen) atoms. The molecule has 68 valence electrons. The molecule has 0 spiro atoms. The number of aliphatic hydroxyl groups is 3. The first kappa shape index (κ1) is 10.9. The topological polar surface area (TPSA) is 60.7 Å². The molecule has 2 unspecified atom stereocenters. The van der Waals surface area contributed by atoms with E-state index in [1.54, 1.807) is 6.92 Å². The minimum atomic E-state index is -0.580. The summed E-state index contributed by atoms with van der Waals surface area (Å²) in [5, 5.41) is 26.2. The smallest absolute Gasteiger partial charge is 0.0770 e. The average Bonchev–Trinajstić information content (AvgIpc) is 1.97. The molecule has 0 aliphatic heterocycles. The summed E-state index contributed by atoms with van der Waals surface area (Å²) in [5.41, 5.74) is 0. The van der Waals surface area contributed by atoms with Crippen molar-refractivity contribution in [3.05, 3.63) is 0 Å². The monoisotopic (exact) mass is 162 g/mol. The summed E-state index contributed by atoms with van der Waals surface area (Å²) in [6.45, 7) is 1.59. The summed E-state index contributed by atoms with van der Waals surface area (Å²) in [5.74, 6) is 0. The van der Waals surface area contributed by atoms with E-state index < -0.39 is 6.10 Å². The second-order valence-corrected chi connectivity index (χ2v) is 2.97. The lowest BCUT2D eigenvalue weighted by Crippen LogP contribution is -2.11. The lowest BCUT2D eigenvalue weighted by atomic mass is 10.1. The molecule has 3 N–H and O–H groups in total. The van der Waals surface area contributed by atoms with Crippen LogP contribution in [-0.4, -0.2) is 34.1 Å². The van der Waals surface area contributed by atoms with E-state index >= 15 is 0 Å². The first-order valence-electron chi connectivity index (χ1n) is 4.13. The molecule has 3 heteroatoms. The van der Waals surface area contributed by atoms with Crippen LogP contribution in [0.2, 0.25) is 0 Å². The molecule has 0 amide bonds. The zero-order valence-electron chi connectivity index (χ0n) is 7.03. The van der Waals surface area contributed by atoms with E-state index in [0.29, 0.717) is 6.42 Å². The largest absolute Gasteiger partial charge is 0.394 e. The molecule has 2 atom stereocenters. The van der Waals surface area contributed by atoms with Gasteiger partial charge in [0.25, 0.3) is 0 Å². The maximum atomic E-state index is 8.91. The lowest BCUT2D eigenvalue weighted by Gasteiger charge is -2.06. The van der Waals surface area contributed by atoms with E-state index in [2.05, 4.69) is 0 Å². The Morgan fingerprint density at radius 1 is 1.09 bits per heavy atom. The van der Waals surface area contributed by atoms with Gasteiger partial charge in [-0.15, -0.1) is 0 Å². The van der Waals surface area contributed by atoms with Gasteiger partial charge in [0.1, 0.15) is 0 Å². The Morgan fingerprint density at radius 3 is 2.09 bits per heavy atom. The number of hydrogen-bond donors (Lipinski definition) is 3. The van der Waals surface area contributed by atoms with Gasteiger partial charge in [0, 0.05) is 0 Å². The second-order valence-electron chi connectivity index (χ2n) is 2.97. The first-order valence-corrected chi connectivity index (χ1v) is 4.13. The Labute approximate surface area is 67.7 Å². The van der Waals surface area contributed by atoms with Crippen LogP contribution in [0, 0.1) is 0 Å². The van der Waals surface area contributed by atoms with Gasteiger partial charge in [-0.3, -0.25) is 0 Å². The predicted octanol–water partition coefficient (Wildman–Crippen LogP) is 0.281. The summed E-state index contributed by atoms with van der Waals surface area (Å²) in [6, 6.07) is 0. The Morgan fingerprint density at radius 2 is 1.64 bits per heavy atom. The third-order valence-electron chi connectivity index (χ3n) is 1.62. The zero-order valence-corrected chi connectivity index (χ0v) is 7.03. The van der Waals surface area contributed by atoms with E-state index in [-0.39, 0.29) is 12.7 Å². The van der Waals surface area contributed by atoms with E-state index in [1.807, 2.05) is 0 Å². The molecule has 0 radical (unpaired) electrons. The molecule has 0 aromatic heterocycles. The molecule has 0 bridgehead atoms. The predicted molar refractivity (Wildman–Crippen MR) is 43.2 cm³/mol. The molecule has 0 saturated heterocycles. The summed E-state index contributed by atoms with van der Waals surface area (Å²) >= 11 is 0. The van der Waals surface area contributed by atoms with Gasteiger partial charge >= 0.3 is 0 Å². The van der Waals surface area contributed by atoms with Crippen molar-refractivity contribution in [3.63, 3.8) is 0 Å². The Balaban J connectivity index is 3.01. The van der Waals surface area contributed by atoms with Gasteiger partial charge in [-0.1, -0.05) is 12.8 Å². The first-order chi connectivity index (χ1) is 5.16. The molecule has 0 aliphatic carbocycles. The Bertz CT molecular complexity index is 83.4. The van der Waals surface area contributed by atoms with Crippen molar-refractivity contribution in [2.24, 2.45) is 0 Å². The Kier molecular flexibility index (Phi) is 6.51. The number of unbranched alkanes of at least 4 members (excludes halogenated alkanes) is 1. The molecule has 0 heterocycles. The fourth-order valence-corrected chi connectivity index (χ4v) is 0.911. The van der Waals surface area contributed by atoms with Gasteiger partial charge in [-0.25, -0.2) is 0 Å². The third-order valence-corrected chi connectivity index (χ3v) is 1.62. The number of aliphatic hydroxyl groups excluding tert-OH is 3. The quantitative estimate of drug-likeness (QED) is 0.492. The minimum absolute atomic E-state index is 0.158. The van der Waals surface area contributed by atoms with Crippen molar-refractivity contribution in [1.29, 1.82) is 0 Å². The summed E-state index contributed by atoms with van der Waals surface area (Å²) in [7, 11) is 0. The highest BCUT2D eigenvalue weighted by molar-refractivity contribution is 4.54. The van der Waals surface area contributed by atoms with Crippen LogP contribution in [0.5, 0.6) is 0 Å². The van der Waals surface area contributed by atoms with Crippen LogP contribution in [0.3, 0.4) is 0 Å². The molecule has 0 aliphatic rings. The summed E-state index contributed by atoms with van der Waals surface area (Å²) in [4.78, 5) is 0. The molecule has 0 fully saturated rings. The van der Waals surface area contributed by atoms with E-state index in [0.717, 1.165) is 19.3 Å². The van der Waals surface area contributed by atoms with Crippen molar-refractivity contribution in [2.75, 3.05) is 6.61 Å². The highest BCUT2D eigenvalue weighted by Gasteiger charge is 2.01. The molecule has 0 saturated carbocycles. The van der Waals surface area contributed by atoms with E-state index in [1.165, 1.54) is 0 Å². The molecule has 0 aromatic rings. The maximum Gasteiger partial charge on any atom is 0.0770 e. The van der Waals surface area contributed by atoms with Crippen LogP contribution < -0.4 is 0 Å². The normalized spacial score (nSPS) is 16.4. The van der Waals surface area contributed by atoms with Crippen LogP contribution >= 0.6 is 0 Å². The highest BCUT2D eigenvalue weighted by atomic mass is 16.3. The standard InChI is InChI=1S/C8H18O3/c1-7(10)4-2-3-5-8(11)6-9/h7-11H,2-6H2,1H3. The maximum absolute atomic E-state index is 8.91. The van der Waals surface area contributed by atoms with Crippen molar-refractivity contribution in [3.8, 4) is 0 Å². The molecule has 3 nitrogen and oxygen atoms in total. The molecule has 0 rings (SSSR count). The van der Waals surface area contributed by atoms with Crippen molar-refractivity contribution >= 4 is 0 Å². The third kappa shape index (κ3) is 7.78. The second kappa shape index (κ2) is 6.58. The van der Waals surface area contributed by atoms with Crippen LogP contribution in [0.1, 0.15) is 32.6 Å². The molecular formula is C8H18O3. The van der Waals surface area contributed by atoms with Crippen LogP contribution in [0.15, 0.2) is 0 Å². The average molecular weight is 162 g/mol. The highest BCUT2D eigenvalue weighted by Crippen LogP contribution is 2.05. The zero-order chi connectivity index (χ0) is 8.69. The molecular weight excluding hydrogens is 144 g/mol. The SMILES string of the molecule is CC(O)CCCCC(O)CO. The van der Waals surface area contributed by atoms with Crippen molar-refractivity contribution < 1.29 is 15.3 Å². The fourth-order valence-electron chi connectivity index (χ4n) is 0.911. The van der Waals surface area contributed by atoms with Gasteiger partial charge in [-0.05, 0) is 19.8 Å². The van der Waals surface area contributed by atoms with Crippen molar-refractivity contribution in [2.45, 2.75) is 44.8 Å². The van der Waals surface area contributed by atoms with Gasteiger partial charge < -0.3 is 15.3 Å². The van der Waals surface area contributed by atoms with Crippen LogP contribution in [0.25, 0.3) is 0 Å². The van der Waals surface area contributed by atoms with Crippen molar-refractivity contribution in [1.82, 2.24) is 0 Å². The Hall–Kier alpha value is -0.120. The molecule has 0 aromatic carbocycles. The lowest BCUT2D eigenvalue weighted by molar-refractivity contribution is 0.0846. The minimum Gasteiger partial charge on any atom is -0.394 e. The number of rotatable bonds is 6. The summed E-state index contributed by atoms with van der Waals surface area (Å²) < 4.78 is 0. The van der Waals surface area contributed by atoms with Gasteiger partial charge in [0.05, 0.1) is 18.8 Å². The van der Waals surface area contributed by atoms with Crippen LogP contribution in [-0.2, 0) is 0 Å². The van der Waals surface area contributed by atoms with E-state index in [9.17, 15) is 0 Å². The van der Waals surface area contributed by atoms with Crippen LogP contribution in [0.4, 0.5) is 0 Å². The number of hydrogen-bond acceptors (Lipinski definition) is 3.